The maximum Gasteiger partial charge on any atom is 0.236 e. The van der Waals surface area contributed by atoms with Crippen LogP contribution in [-0.2, 0) is 4.79 Å². The quantitative estimate of drug-likeness (QED) is 0.630. The van der Waals surface area contributed by atoms with E-state index in [4.69, 9.17) is 5.26 Å². The van der Waals surface area contributed by atoms with Crippen molar-refractivity contribution in [2.45, 2.75) is 26.2 Å². The summed E-state index contributed by atoms with van der Waals surface area (Å²) >= 11 is 0. The Balaban J connectivity index is 1.91. The molecule has 14 heavy (non-hydrogen) atoms. The minimum atomic E-state index is 0.0227. The van der Waals surface area contributed by atoms with Crippen LogP contribution in [0.3, 0.4) is 0 Å². The lowest BCUT2D eigenvalue weighted by atomic mass is 10.0. The summed E-state index contributed by atoms with van der Waals surface area (Å²) in [5.74, 6) is 2.29. The molecular weight excluding hydrogens is 176 g/mol. The van der Waals surface area contributed by atoms with Gasteiger partial charge in [0.1, 0.15) is 6.42 Å². The summed E-state index contributed by atoms with van der Waals surface area (Å²) in [5.41, 5.74) is 0. The standard InChI is InChI=1S/C11H16N2O/c1-8-4-9-6-13(7-10(9)5-8)11(14)2-3-12/h8-10H,2,4-7H2,1H3/t8-,9-,10+. The van der Waals surface area contributed by atoms with Crippen LogP contribution in [0.2, 0.25) is 0 Å². The van der Waals surface area contributed by atoms with E-state index in [1.807, 2.05) is 11.0 Å². The van der Waals surface area contributed by atoms with E-state index >= 15 is 0 Å². The van der Waals surface area contributed by atoms with Gasteiger partial charge in [0, 0.05) is 13.1 Å². The summed E-state index contributed by atoms with van der Waals surface area (Å²) in [6.45, 7) is 4.09. The Morgan fingerprint density at radius 3 is 2.50 bits per heavy atom. The first-order valence-corrected chi connectivity index (χ1v) is 5.35. The summed E-state index contributed by atoms with van der Waals surface area (Å²) in [4.78, 5) is 13.3. The molecule has 3 atom stereocenters. The fraction of sp³-hybridized carbons (Fsp3) is 0.818. The molecule has 76 valence electrons. The average molecular weight is 192 g/mol. The van der Waals surface area contributed by atoms with Crippen LogP contribution < -0.4 is 0 Å². The number of likely N-dealkylation sites (tertiary alicyclic amines) is 1. The van der Waals surface area contributed by atoms with Crippen molar-refractivity contribution in [2.75, 3.05) is 13.1 Å². The highest BCUT2D eigenvalue weighted by Gasteiger charge is 2.40. The molecule has 1 aliphatic carbocycles. The molecule has 0 aromatic rings. The molecule has 2 rings (SSSR count). The van der Waals surface area contributed by atoms with Crippen LogP contribution >= 0.6 is 0 Å². The fourth-order valence-corrected chi connectivity index (χ4v) is 2.99. The number of amides is 1. The first-order chi connectivity index (χ1) is 6.70. The fourth-order valence-electron chi connectivity index (χ4n) is 2.99. The van der Waals surface area contributed by atoms with E-state index in [1.165, 1.54) is 12.8 Å². The third kappa shape index (κ3) is 1.61. The number of fused-ring (bicyclic) bond motifs is 1. The predicted octanol–water partition coefficient (Wildman–Crippen LogP) is 1.40. The van der Waals surface area contributed by atoms with Gasteiger partial charge in [-0.1, -0.05) is 6.92 Å². The van der Waals surface area contributed by atoms with Crippen molar-refractivity contribution < 1.29 is 4.79 Å². The Morgan fingerprint density at radius 2 is 2.00 bits per heavy atom. The van der Waals surface area contributed by atoms with Crippen LogP contribution in [0.25, 0.3) is 0 Å². The van der Waals surface area contributed by atoms with Gasteiger partial charge in [0.2, 0.25) is 5.91 Å². The number of carbonyl (C=O) groups is 1. The molecule has 2 fully saturated rings. The molecule has 3 nitrogen and oxygen atoms in total. The molecule has 3 heteroatoms. The van der Waals surface area contributed by atoms with Crippen molar-refractivity contribution >= 4 is 5.91 Å². The zero-order valence-electron chi connectivity index (χ0n) is 8.57. The Bertz CT molecular complexity index is 268. The minimum absolute atomic E-state index is 0.0227. The lowest BCUT2D eigenvalue weighted by molar-refractivity contribution is -0.129. The highest BCUT2D eigenvalue weighted by molar-refractivity contribution is 5.78. The molecule has 1 saturated heterocycles. The molecule has 0 unspecified atom stereocenters. The first-order valence-electron chi connectivity index (χ1n) is 5.35. The SMILES string of the molecule is C[C@@H]1C[C@@H]2CN(C(=O)CC#N)C[C@@H]2C1. The van der Waals surface area contributed by atoms with Crippen molar-refractivity contribution in [1.29, 1.82) is 5.26 Å². The number of carbonyl (C=O) groups excluding carboxylic acids is 1. The van der Waals surface area contributed by atoms with Gasteiger partial charge in [-0.3, -0.25) is 4.79 Å². The van der Waals surface area contributed by atoms with Gasteiger partial charge in [-0.25, -0.2) is 0 Å². The smallest absolute Gasteiger partial charge is 0.236 e. The highest BCUT2D eigenvalue weighted by atomic mass is 16.2. The van der Waals surface area contributed by atoms with E-state index in [9.17, 15) is 4.79 Å². The molecule has 0 spiro atoms. The largest absolute Gasteiger partial charge is 0.341 e. The van der Waals surface area contributed by atoms with E-state index in [0.29, 0.717) is 11.8 Å². The average Bonchev–Trinajstić information content (AvgIpc) is 2.61. The lowest BCUT2D eigenvalue weighted by Gasteiger charge is -2.16. The summed E-state index contributed by atoms with van der Waals surface area (Å²) in [7, 11) is 0. The second-order valence-corrected chi connectivity index (χ2v) is 4.73. The minimum Gasteiger partial charge on any atom is -0.341 e. The third-order valence-electron chi connectivity index (χ3n) is 3.57. The Morgan fingerprint density at radius 1 is 1.43 bits per heavy atom. The zero-order chi connectivity index (χ0) is 10.1. The highest BCUT2D eigenvalue weighted by Crippen LogP contribution is 2.41. The molecule has 0 bridgehead atoms. The molecule has 0 radical (unpaired) electrons. The predicted molar refractivity (Wildman–Crippen MR) is 52.2 cm³/mol. The van der Waals surface area contributed by atoms with Crippen molar-refractivity contribution in [3.05, 3.63) is 0 Å². The van der Waals surface area contributed by atoms with Crippen molar-refractivity contribution in [1.82, 2.24) is 4.90 Å². The summed E-state index contributed by atoms with van der Waals surface area (Å²) in [6, 6.07) is 1.93. The lowest BCUT2D eigenvalue weighted by Crippen LogP contribution is -2.29. The third-order valence-corrected chi connectivity index (χ3v) is 3.57. The van der Waals surface area contributed by atoms with E-state index in [-0.39, 0.29) is 12.3 Å². The van der Waals surface area contributed by atoms with Gasteiger partial charge >= 0.3 is 0 Å². The van der Waals surface area contributed by atoms with Crippen molar-refractivity contribution in [3.63, 3.8) is 0 Å². The Kier molecular flexibility index (Phi) is 2.45. The van der Waals surface area contributed by atoms with Gasteiger partial charge < -0.3 is 4.90 Å². The monoisotopic (exact) mass is 192 g/mol. The Labute approximate surface area is 84.7 Å². The van der Waals surface area contributed by atoms with Crippen molar-refractivity contribution in [3.8, 4) is 6.07 Å². The molecule has 0 aromatic carbocycles. The first kappa shape index (κ1) is 9.51. The second kappa shape index (κ2) is 3.61. The zero-order valence-corrected chi connectivity index (χ0v) is 8.57. The van der Waals surface area contributed by atoms with Crippen LogP contribution in [-0.4, -0.2) is 23.9 Å². The molecule has 1 saturated carbocycles. The van der Waals surface area contributed by atoms with Crippen LogP contribution in [0.5, 0.6) is 0 Å². The Hall–Kier alpha value is -1.04. The summed E-state index contributed by atoms with van der Waals surface area (Å²) in [6.07, 6.45) is 2.58. The van der Waals surface area contributed by atoms with Crippen LogP contribution in [0.4, 0.5) is 0 Å². The van der Waals surface area contributed by atoms with E-state index in [0.717, 1.165) is 19.0 Å². The van der Waals surface area contributed by atoms with E-state index in [1.54, 1.807) is 0 Å². The second-order valence-electron chi connectivity index (χ2n) is 4.73. The molecule has 0 aromatic heterocycles. The maximum atomic E-state index is 11.5. The van der Waals surface area contributed by atoms with Gasteiger partial charge in [0.25, 0.3) is 0 Å². The summed E-state index contributed by atoms with van der Waals surface area (Å²) < 4.78 is 0. The number of nitriles is 1. The van der Waals surface area contributed by atoms with Gasteiger partial charge in [-0.2, -0.15) is 5.26 Å². The van der Waals surface area contributed by atoms with Crippen molar-refractivity contribution in [2.24, 2.45) is 17.8 Å². The topological polar surface area (TPSA) is 44.1 Å². The molecular formula is C11H16N2O. The van der Waals surface area contributed by atoms with E-state index in [2.05, 4.69) is 6.92 Å². The number of rotatable bonds is 1. The molecule has 1 amide bonds. The van der Waals surface area contributed by atoms with Crippen LogP contribution in [0, 0.1) is 29.1 Å². The van der Waals surface area contributed by atoms with Crippen LogP contribution in [0.15, 0.2) is 0 Å². The molecule has 1 heterocycles. The van der Waals surface area contributed by atoms with Gasteiger partial charge in [-0.05, 0) is 30.6 Å². The number of hydrogen-bond donors (Lipinski definition) is 0. The number of nitrogens with zero attached hydrogens (tertiary/aromatic N) is 2. The van der Waals surface area contributed by atoms with Gasteiger partial charge in [0.15, 0.2) is 0 Å². The molecule has 1 aliphatic heterocycles. The molecule has 2 aliphatic rings. The summed E-state index contributed by atoms with van der Waals surface area (Å²) in [5, 5.41) is 8.44. The van der Waals surface area contributed by atoms with Gasteiger partial charge in [-0.15, -0.1) is 0 Å². The maximum absolute atomic E-state index is 11.5. The normalized spacial score (nSPS) is 35.4. The van der Waals surface area contributed by atoms with Gasteiger partial charge in [0.05, 0.1) is 6.07 Å². The molecule has 0 N–H and O–H groups in total. The number of hydrogen-bond acceptors (Lipinski definition) is 2. The van der Waals surface area contributed by atoms with E-state index < -0.39 is 0 Å². The van der Waals surface area contributed by atoms with Crippen LogP contribution in [0.1, 0.15) is 26.2 Å².